The normalized spacial score (nSPS) is 9.61. The summed E-state index contributed by atoms with van der Waals surface area (Å²) in [7, 11) is 3.40. The van der Waals surface area contributed by atoms with Gasteiger partial charge in [0.25, 0.3) is 0 Å². The van der Waals surface area contributed by atoms with Crippen molar-refractivity contribution in [2.45, 2.75) is 19.3 Å². The number of ether oxygens (including phenoxy) is 1. The molecule has 0 aliphatic carbocycles. The fourth-order valence-corrected chi connectivity index (χ4v) is 1.60. The van der Waals surface area contributed by atoms with Gasteiger partial charge >= 0.3 is 0 Å². The molecule has 1 aromatic carbocycles. The lowest BCUT2D eigenvalue weighted by molar-refractivity contribution is -0.129. The van der Waals surface area contributed by atoms with Gasteiger partial charge in [-0.3, -0.25) is 4.79 Å². The van der Waals surface area contributed by atoms with E-state index in [4.69, 9.17) is 10.00 Å². The Balaban J connectivity index is 2.44. The Morgan fingerprint density at radius 3 is 2.94 bits per heavy atom. The van der Waals surface area contributed by atoms with Crippen LogP contribution in [0.2, 0.25) is 0 Å². The number of hydrogen-bond acceptors (Lipinski definition) is 3. The molecule has 96 valence electrons. The maximum atomic E-state index is 11.6. The molecule has 0 aliphatic rings. The molecule has 0 aromatic heterocycles. The van der Waals surface area contributed by atoms with Gasteiger partial charge in [-0.15, -0.1) is 0 Å². The van der Waals surface area contributed by atoms with Gasteiger partial charge in [-0.25, -0.2) is 0 Å². The average Bonchev–Trinajstić information content (AvgIpc) is 2.42. The van der Waals surface area contributed by atoms with Crippen LogP contribution in [0.3, 0.4) is 0 Å². The number of likely N-dealkylation sites (N-methyl/N-ethyl adjacent to an activating group) is 1. The molecule has 0 heterocycles. The summed E-state index contributed by atoms with van der Waals surface area (Å²) in [4.78, 5) is 13.3. The third-order valence-electron chi connectivity index (χ3n) is 2.75. The minimum absolute atomic E-state index is 0.0134. The standard InChI is InChI=1S/C14H18N2O2/c1-16(14(17)7-4-9-15)10-8-12-5-3-6-13(11-12)18-2/h3,5-6,11H,4,7-8,10H2,1-2H3. The van der Waals surface area contributed by atoms with Gasteiger partial charge < -0.3 is 9.64 Å². The minimum Gasteiger partial charge on any atom is -0.497 e. The van der Waals surface area contributed by atoms with Crippen LogP contribution in [0.15, 0.2) is 24.3 Å². The molecular formula is C14H18N2O2. The molecule has 1 aromatic rings. The largest absolute Gasteiger partial charge is 0.497 e. The van der Waals surface area contributed by atoms with E-state index in [1.807, 2.05) is 30.3 Å². The van der Waals surface area contributed by atoms with Crippen molar-refractivity contribution < 1.29 is 9.53 Å². The number of carbonyl (C=O) groups excluding carboxylic acids is 1. The van der Waals surface area contributed by atoms with Crippen LogP contribution in [0.25, 0.3) is 0 Å². The molecule has 4 heteroatoms. The van der Waals surface area contributed by atoms with Gasteiger partial charge in [-0.1, -0.05) is 12.1 Å². The van der Waals surface area contributed by atoms with Gasteiger partial charge in [-0.05, 0) is 24.1 Å². The summed E-state index contributed by atoms with van der Waals surface area (Å²) in [5.41, 5.74) is 1.13. The molecule has 0 saturated heterocycles. The lowest BCUT2D eigenvalue weighted by Gasteiger charge is -2.16. The molecule has 0 atom stereocenters. The lowest BCUT2D eigenvalue weighted by atomic mass is 10.1. The molecule has 1 amide bonds. The van der Waals surface area contributed by atoms with Crippen LogP contribution in [0.4, 0.5) is 0 Å². The number of rotatable bonds is 6. The number of methoxy groups -OCH3 is 1. The number of nitrogens with zero attached hydrogens (tertiary/aromatic N) is 2. The van der Waals surface area contributed by atoms with E-state index in [0.29, 0.717) is 13.0 Å². The van der Waals surface area contributed by atoms with Crippen LogP contribution in [0, 0.1) is 11.3 Å². The molecule has 0 radical (unpaired) electrons. The van der Waals surface area contributed by atoms with E-state index in [0.717, 1.165) is 17.7 Å². The lowest BCUT2D eigenvalue weighted by Crippen LogP contribution is -2.28. The van der Waals surface area contributed by atoms with Crippen LogP contribution in [0.1, 0.15) is 18.4 Å². The Hall–Kier alpha value is -2.02. The fraction of sp³-hybridized carbons (Fsp3) is 0.429. The first-order valence-corrected chi connectivity index (χ1v) is 5.91. The molecule has 18 heavy (non-hydrogen) atoms. The third-order valence-corrected chi connectivity index (χ3v) is 2.75. The summed E-state index contributed by atoms with van der Waals surface area (Å²) in [5.74, 6) is 0.838. The Kier molecular flexibility index (Phi) is 5.72. The monoisotopic (exact) mass is 246 g/mol. The topological polar surface area (TPSA) is 53.3 Å². The second-order valence-corrected chi connectivity index (χ2v) is 4.07. The Bertz CT molecular complexity index is 438. The van der Waals surface area contributed by atoms with E-state index in [-0.39, 0.29) is 12.3 Å². The van der Waals surface area contributed by atoms with Crippen molar-refractivity contribution in [3.63, 3.8) is 0 Å². The molecule has 0 spiro atoms. The Morgan fingerprint density at radius 1 is 1.50 bits per heavy atom. The van der Waals surface area contributed by atoms with Gasteiger partial charge in [0.1, 0.15) is 5.75 Å². The van der Waals surface area contributed by atoms with E-state index in [9.17, 15) is 4.79 Å². The van der Waals surface area contributed by atoms with Crippen LogP contribution >= 0.6 is 0 Å². The number of benzene rings is 1. The molecule has 0 N–H and O–H groups in total. The van der Waals surface area contributed by atoms with Gasteiger partial charge in [0.2, 0.25) is 5.91 Å². The molecule has 0 saturated carbocycles. The first-order valence-electron chi connectivity index (χ1n) is 5.91. The summed E-state index contributed by atoms with van der Waals surface area (Å²) < 4.78 is 5.15. The molecule has 0 aliphatic heterocycles. The predicted octanol–water partition coefficient (Wildman–Crippen LogP) is 2.00. The fourth-order valence-electron chi connectivity index (χ4n) is 1.60. The van der Waals surface area contributed by atoms with E-state index in [2.05, 4.69) is 0 Å². The zero-order valence-corrected chi connectivity index (χ0v) is 10.8. The number of amides is 1. The highest BCUT2D eigenvalue weighted by molar-refractivity contribution is 5.76. The van der Waals surface area contributed by atoms with E-state index < -0.39 is 0 Å². The highest BCUT2D eigenvalue weighted by atomic mass is 16.5. The second kappa shape index (κ2) is 7.33. The maximum Gasteiger partial charge on any atom is 0.223 e. The van der Waals surface area contributed by atoms with Crippen molar-refractivity contribution in [3.8, 4) is 11.8 Å². The Morgan fingerprint density at radius 2 is 2.28 bits per heavy atom. The van der Waals surface area contributed by atoms with Crippen molar-refractivity contribution in [2.75, 3.05) is 20.7 Å². The molecular weight excluding hydrogens is 228 g/mol. The van der Waals surface area contributed by atoms with Crippen molar-refractivity contribution in [3.05, 3.63) is 29.8 Å². The number of nitriles is 1. The van der Waals surface area contributed by atoms with Crippen LogP contribution in [-0.4, -0.2) is 31.5 Å². The highest BCUT2D eigenvalue weighted by Gasteiger charge is 2.08. The molecule has 4 nitrogen and oxygen atoms in total. The number of hydrogen-bond donors (Lipinski definition) is 0. The number of carbonyl (C=O) groups is 1. The van der Waals surface area contributed by atoms with Crippen molar-refractivity contribution >= 4 is 5.91 Å². The van der Waals surface area contributed by atoms with Crippen LogP contribution in [0.5, 0.6) is 5.75 Å². The summed E-state index contributed by atoms with van der Waals surface area (Å²) in [6, 6.07) is 9.78. The third kappa shape index (κ3) is 4.46. The molecule has 1 rings (SSSR count). The minimum atomic E-state index is 0.0134. The van der Waals surface area contributed by atoms with Gasteiger partial charge in [0.05, 0.1) is 13.2 Å². The van der Waals surface area contributed by atoms with Crippen molar-refractivity contribution in [1.29, 1.82) is 5.26 Å². The van der Waals surface area contributed by atoms with Crippen LogP contribution in [-0.2, 0) is 11.2 Å². The maximum absolute atomic E-state index is 11.6. The Labute approximate surface area is 108 Å². The van der Waals surface area contributed by atoms with E-state index in [1.165, 1.54) is 0 Å². The summed E-state index contributed by atoms with van der Waals surface area (Å²) in [5, 5.41) is 8.43. The van der Waals surface area contributed by atoms with Crippen molar-refractivity contribution in [1.82, 2.24) is 4.90 Å². The smallest absolute Gasteiger partial charge is 0.223 e. The van der Waals surface area contributed by atoms with Gasteiger partial charge in [0, 0.05) is 26.4 Å². The SMILES string of the molecule is COc1cccc(CCN(C)C(=O)CCC#N)c1. The zero-order valence-electron chi connectivity index (χ0n) is 10.8. The van der Waals surface area contributed by atoms with Gasteiger partial charge in [0.15, 0.2) is 0 Å². The molecule has 0 bridgehead atoms. The first kappa shape index (κ1) is 14.0. The summed E-state index contributed by atoms with van der Waals surface area (Å²) in [6.45, 7) is 0.650. The molecule has 0 fully saturated rings. The first-order chi connectivity index (χ1) is 8.67. The van der Waals surface area contributed by atoms with Crippen molar-refractivity contribution in [2.24, 2.45) is 0 Å². The van der Waals surface area contributed by atoms with E-state index in [1.54, 1.807) is 19.1 Å². The average molecular weight is 246 g/mol. The quantitative estimate of drug-likeness (QED) is 0.771. The van der Waals surface area contributed by atoms with Gasteiger partial charge in [-0.2, -0.15) is 5.26 Å². The predicted molar refractivity (Wildman–Crippen MR) is 69.2 cm³/mol. The summed E-state index contributed by atoms with van der Waals surface area (Å²) >= 11 is 0. The van der Waals surface area contributed by atoms with Crippen LogP contribution < -0.4 is 4.74 Å². The second-order valence-electron chi connectivity index (χ2n) is 4.07. The zero-order chi connectivity index (χ0) is 13.4. The summed E-state index contributed by atoms with van der Waals surface area (Å²) in [6.07, 6.45) is 1.36. The molecule has 0 unspecified atom stereocenters. The van der Waals surface area contributed by atoms with E-state index >= 15 is 0 Å². The highest BCUT2D eigenvalue weighted by Crippen LogP contribution is 2.13.